The Morgan fingerprint density at radius 1 is 1.09 bits per heavy atom. The van der Waals surface area contributed by atoms with Crippen molar-refractivity contribution in [3.8, 4) is 6.01 Å². The van der Waals surface area contributed by atoms with E-state index in [9.17, 15) is 5.21 Å². The van der Waals surface area contributed by atoms with E-state index >= 15 is 0 Å². The largest absolute Gasteiger partial charge is 0.424 e. The van der Waals surface area contributed by atoms with E-state index < -0.39 is 0 Å². The van der Waals surface area contributed by atoms with Crippen LogP contribution < -0.4 is 15.8 Å². The molecule has 0 aliphatic carbocycles. The smallest absolute Gasteiger partial charge is 0.350 e. The first kappa shape index (κ1) is 18.5. The van der Waals surface area contributed by atoms with Crippen LogP contribution in [0.3, 0.4) is 0 Å². The monoisotopic (exact) mass is 321 g/mol. The van der Waals surface area contributed by atoms with Crippen molar-refractivity contribution in [2.75, 3.05) is 12.5 Å². The van der Waals surface area contributed by atoms with E-state index in [1.807, 2.05) is 45.3 Å². The normalized spacial score (nSPS) is 9.65. The summed E-state index contributed by atoms with van der Waals surface area (Å²) in [6.45, 7) is 8.00. The summed E-state index contributed by atoms with van der Waals surface area (Å²) in [4.78, 5) is 13.3. The van der Waals surface area contributed by atoms with Gasteiger partial charge in [-0.2, -0.15) is 10.5 Å². The third kappa shape index (κ3) is 3.43. The maximum Gasteiger partial charge on any atom is 0.350 e. The van der Waals surface area contributed by atoms with E-state index in [4.69, 9.17) is 10.0 Å². The molecule has 126 valence electrons. The van der Waals surface area contributed by atoms with Crippen LogP contribution in [0.4, 0.5) is 5.82 Å². The SMILES string of the molecule is CC.CC.CNOc1nc2c(NO)nc3ccccc3c2n1O. The lowest BCUT2D eigenvalue weighted by Gasteiger charge is -2.04. The Bertz CT molecular complexity index is 758. The first-order chi connectivity index (χ1) is 11.3. The second-order valence-electron chi connectivity index (χ2n) is 3.80. The zero-order valence-corrected chi connectivity index (χ0v) is 14.0. The van der Waals surface area contributed by atoms with Gasteiger partial charge in [0.05, 0.1) is 5.52 Å². The van der Waals surface area contributed by atoms with Gasteiger partial charge in [0.2, 0.25) is 0 Å². The zero-order chi connectivity index (χ0) is 17.4. The van der Waals surface area contributed by atoms with Gasteiger partial charge < -0.3 is 10.0 Å². The fraction of sp³-hybridized carbons (Fsp3) is 0.333. The van der Waals surface area contributed by atoms with E-state index in [2.05, 4.69) is 15.4 Å². The van der Waals surface area contributed by atoms with E-state index in [-0.39, 0.29) is 11.8 Å². The number of hydroxylamine groups is 1. The summed E-state index contributed by atoms with van der Waals surface area (Å²) in [5.74, 6) is 0.141. The lowest BCUT2D eigenvalue weighted by Crippen LogP contribution is -2.14. The molecular formula is C15H23N5O3. The van der Waals surface area contributed by atoms with Crippen LogP contribution >= 0.6 is 0 Å². The highest BCUT2D eigenvalue weighted by Crippen LogP contribution is 2.30. The second kappa shape index (κ2) is 8.76. The Morgan fingerprint density at radius 3 is 2.35 bits per heavy atom. The number of hydrogen-bond donors (Lipinski definition) is 4. The fourth-order valence-corrected chi connectivity index (χ4v) is 1.98. The minimum atomic E-state index is -0.0489. The summed E-state index contributed by atoms with van der Waals surface area (Å²) >= 11 is 0. The van der Waals surface area contributed by atoms with Gasteiger partial charge in [0.15, 0.2) is 5.82 Å². The summed E-state index contributed by atoms with van der Waals surface area (Å²) in [5.41, 5.74) is 5.70. The highest BCUT2D eigenvalue weighted by molar-refractivity contribution is 6.06. The molecule has 0 unspecified atom stereocenters. The van der Waals surface area contributed by atoms with E-state index in [1.165, 1.54) is 0 Å². The number of nitrogens with one attached hydrogen (secondary N) is 2. The summed E-state index contributed by atoms with van der Waals surface area (Å²) in [5, 5.41) is 19.9. The molecule has 8 nitrogen and oxygen atoms in total. The zero-order valence-electron chi connectivity index (χ0n) is 14.0. The lowest BCUT2D eigenvalue weighted by molar-refractivity contribution is 0.115. The van der Waals surface area contributed by atoms with Crippen molar-refractivity contribution in [2.45, 2.75) is 27.7 Å². The maximum atomic E-state index is 10.1. The number of aromatic nitrogens is 3. The molecule has 0 radical (unpaired) electrons. The molecule has 0 aliphatic rings. The van der Waals surface area contributed by atoms with Crippen molar-refractivity contribution >= 4 is 27.8 Å². The first-order valence-corrected chi connectivity index (χ1v) is 7.50. The topological polar surface area (TPSA) is 104 Å². The molecule has 0 bridgehead atoms. The summed E-state index contributed by atoms with van der Waals surface area (Å²) in [6.07, 6.45) is 0. The molecule has 2 heterocycles. The first-order valence-electron chi connectivity index (χ1n) is 7.50. The minimum Gasteiger partial charge on any atom is -0.424 e. The number of rotatable bonds is 3. The Hall–Kier alpha value is -2.58. The molecule has 0 aliphatic heterocycles. The number of para-hydroxylation sites is 1. The Morgan fingerprint density at radius 2 is 1.74 bits per heavy atom. The highest BCUT2D eigenvalue weighted by atomic mass is 16.7. The number of pyridine rings is 1. The maximum absolute atomic E-state index is 10.1. The fourth-order valence-electron chi connectivity index (χ4n) is 1.98. The van der Waals surface area contributed by atoms with Crippen LogP contribution in [-0.2, 0) is 0 Å². The second-order valence-corrected chi connectivity index (χ2v) is 3.80. The molecular weight excluding hydrogens is 298 g/mol. The molecule has 3 aromatic rings. The molecule has 0 fully saturated rings. The van der Waals surface area contributed by atoms with E-state index in [0.717, 1.165) is 4.73 Å². The molecule has 2 aromatic heterocycles. The summed E-state index contributed by atoms with van der Waals surface area (Å²) in [7, 11) is 1.54. The van der Waals surface area contributed by atoms with Gasteiger partial charge in [-0.25, -0.2) is 4.98 Å². The van der Waals surface area contributed by atoms with Gasteiger partial charge in [-0.1, -0.05) is 45.9 Å². The molecule has 0 atom stereocenters. The van der Waals surface area contributed by atoms with Crippen molar-refractivity contribution in [3.05, 3.63) is 24.3 Å². The van der Waals surface area contributed by atoms with E-state index in [0.29, 0.717) is 21.9 Å². The van der Waals surface area contributed by atoms with Crippen LogP contribution in [0, 0.1) is 0 Å². The predicted molar refractivity (Wildman–Crippen MR) is 90.0 cm³/mol. The van der Waals surface area contributed by atoms with Crippen molar-refractivity contribution < 1.29 is 15.3 Å². The van der Waals surface area contributed by atoms with Gasteiger partial charge in [0.1, 0.15) is 11.0 Å². The van der Waals surface area contributed by atoms with Crippen molar-refractivity contribution in [3.63, 3.8) is 0 Å². The third-order valence-corrected chi connectivity index (χ3v) is 2.74. The number of imidazole rings is 1. The molecule has 8 heteroatoms. The van der Waals surface area contributed by atoms with Gasteiger partial charge in [-0.3, -0.25) is 10.7 Å². The van der Waals surface area contributed by atoms with Crippen molar-refractivity contribution in [1.82, 2.24) is 20.2 Å². The van der Waals surface area contributed by atoms with Crippen LogP contribution in [0.15, 0.2) is 24.3 Å². The molecule has 1 aromatic carbocycles. The number of benzene rings is 1. The molecule has 0 spiro atoms. The predicted octanol–water partition coefficient (Wildman–Crippen LogP) is 3.19. The quantitative estimate of drug-likeness (QED) is 0.434. The molecule has 4 N–H and O–H groups in total. The lowest BCUT2D eigenvalue weighted by atomic mass is 10.2. The van der Waals surface area contributed by atoms with Gasteiger partial charge in [-0.05, 0) is 6.07 Å². The average Bonchev–Trinajstić information content (AvgIpc) is 2.95. The molecule has 3 rings (SSSR count). The van der Waals surface area contributed by atoms with Gasteiger partial charge >= 0.3 is 6.01 Å². The Labute approximate surface area is 134 Å². The number of anilines is 1. The van der Waals surface area contributed by atoms with Crippen LogP contribution in [0.1, 0.15) is 27.7 Å². The Kier molecular flexibility index (Phi) is 7.04. The third-order valence-electron chi connectivity index (χ3n) is 2.74. The standard InChI is InChI=1S/C11H11N5O3.2C2H6/c1-12-19-11-14-8-9(16(11)18)6-4-2-3-5-7(6)13-10(8)15-17;2*1-2/h2-5,12,17-18H,1H3,(H,13,15);2*1-2H3. The van der Waals surface area contributed by atoms with Crippen LogP contribution in [0.5, 0.6) is 6.01 Å². The average molecular weight is 321 g/mol. The number of nitrogens with zero attached hydrogens (tertiary/aromatic N) is 3. The van der Waals surface area contributed by atoms with E-state index in [1.54, 1.807) is 19.2 Å². The number of hydrogen-bond acceptors (Lipinski definition) is 7. The molecule has 23 heavy (non-hydrogen) atoms. The highest BCUT2D eigenvalue weighted by Gasteiger charge is 2.18. The molecule has 0 saturated heterocycles. The van der Waals surface area contributed by atoms with Crippen molar-refractivity contribution in [2.24, 2.45) is 0 Å². The molecule has 0 amide bonds. The Balaban J connectivity index is 0.000000615. The van der Waals surface area contributed by atoms with Gasteiger partial charge in [0.25, 0.3) is 0 Å². The molecule has 0 saturated carbocycles. The van der Waals surface area contributed by atoms with Crippen LogP contribution in [0.2, 0.25) is 0 Å². The summed E-state index contributed by atoms with van der Waals surface area (Å²) < 4.78 is 0.802. The summed E-state index contributed by atoms with van der Waals surface area (Å²) in [6, 6.07) is 7.14. The van der Waals surface area contributed by atoms with Crippen LogP contribution in [0.25, 0.3) is 21.9 Å². The van der Waals surface area contributed by atoms with Gasteiger partial charge in [-0.15, -0.1) is 4.73 Å². The van der Waals surface area contributed by atoms with Crippen LogP contribution in [-0.4, -0.2) is 32.2 Å². The number of fused-ring (bicyclic) bond motifs is 3. The minimum absolute atomic E-state index is 0.0489. The van der Waals surface area contributed by atoms with Gasteiger partial charge in [0, 0.05) is 12.4 Å². The van der Waals surface area contributed by atoms with Crippen molar-refractivity contribution in [1.29, 1.82) is 0 Å².